The van der Waals surface area contributed by atoms with Crippen LogP contribution in [-0.2, 0) is 22.7 Å². The summed E-state index contributed by atoms with van der Waals surface area (Å²) in [6.07, 6.45) is 0.0201. The molecule has 4 rings (SSSR count). The maximum atomic E-state index is 10.9. The lowest BCUT2D eigenvalue weighted by Crippen LogP contribution is -2.00. The monoisotopic (exact) mass is 409 g/mol. The highest BCUT2D eigenvalue weighted by Crippen LogP contribution is 2.22. The Morgan fingerprint density at radius 1 is 0.806 bits per heavy atom. The Balaban J connectivity index is 1.42. The standard InChI is InChI=1S/C27H23NO3/c1-19(28-31-18-21-9-10-23-6-2-3-7-25(23)16-21)22-11-13-24(14-12-22)26-8-4-5-20(15-26)17-27(29)30/h2-16H,17-18H2,1H3,(H,29,30)/b28-19+. The number of fused-ring (bicyclic) bond motifs is 1. The summed E-state index contributed by atoms with van der Waals surface area (Å²) in [5.74, 6) is -0.831. The zero-order chi connectivity index (χ0) is 21.6. The largest absolute Gasteiger partial charge is 0.481 e. The van der Waals surface area contributed by atoms with Crippen LogP contribution in [0.5, 0.6) is 0 Å². The van der Waals surface area contributed by atoms with Crippen LogP contribution in [0.15, 0.2) is 96.2 Å². The average molecular weight is 409 g/mol. The summed E-state index contributed by atoms with van der Waals surface area (Å²) in [5, 5.41) is 15.7. The Hall–Kier alpha value is -3.92. The van der Waals surface area contributed by atoms with Gasteiger partial charge in [0.05, 0.1) is 12.1 Å². The van der Waals surface area contributed by atoms with E-state index in [1.165, 1.54) is 10.8 Å². The summed E-state index contributed by atoms with van der Waals surface area (Å²) in [4.78, 5) is 16.5. The van der Waals surface area contributed by atoms with Crippen LogP contribution >= 0.6 is 0 Å². The fourth-order valence-electron chi connectivity index (χ4n) is 3.52. The van der Waals surface area contributed by atoms with Crippen LogP contribution in [0.25, 0.3) is 21.9 Å². The molecule has 0 bridgehead atoms. The van der Waals surface area contributed by atoms with Gasteiger partial charge in [-0.1, -0.05) is 90.1 Å². The molecule has 0 aliphatic carbocycles. The van der Waals surface area contributed by atoms with Crippen molar-refractivity contribution in [3.63, 3.8) is 0 Å². The lowest BCUT2D eigenvalue weighted by Gasteiger charge is -2.07. The number of carbonyl (C=O) groups is 1. The van der Waals surface area contributed by atoms with Gasteiger partial charge in [-0.15, -0.1) is 0 Å². The molecule has 0 atom stereocenters. The number of benzene rings is 4. The van der Waals surface area contributed by atoms with E-state index in [0.717, 1.165) is 33.5 Å². The molecule has 0 fully saturated rings. The molecule has 4 nitrogen and oxygen atoms in total. The highest BCUT2D eigenvalue weighted by molar-refractivity contribution is 5.98. The first-order valence-corrected chi connectivity index (χ1v) is 10.1. The summed E-state index contributed by atoms with van der Waals surface area (Å²) in [6, 6.07) is 30.1. The van der Waals surface area contributed by atoms with Crippen LogP contribution in [0.4, 0.5) is 0 Å². The van der Waals surface area contributed by atoms with E-state index in [4.69, 9.17) is 9.94 Å². The number of rotatable bonds is 7. The van der Waals surface area contributed by atoms with E-state index in [0.29, 0.717) is 6.61 Å². The van der Waals surface area contributed by atoms with E-state index >= 15 is 0 Å². The Morgan fingerprint density at radius 3 is 2.35 bits per heavy atom. The number of carboxylic acids is 1. The Kier molecular flexibility index (Phi) is 6.08. The topological polar surface area (TPSA) is 58.9 Å². The van der Waals surface area contributed by atoms with E-state index in [1.807, 2.05) is 67.6 Å². The molecular weight excluding hydrogens is 386 g/mol. The molecule has 0 saturated heterocycles. The van der Waals surface area contributed by atoms with Crippen molar-refractivity contribution in [2.24, 2.45) is 5.16 Å². The van der Waals surface area contributed by atoms with Crippen LogP contribution in [0, 0.1) is 0 Å². The zero-order valence-corrected chi connectivity index (χ0v) is 17.3. The van der Waals surface area contributed by atoms with E-state index in [2.05, 4.69) is 35.5 Å². The summed E-state index contributed by atoms with van der Waals surface area (Å²) in [7, 11) is 0. The molecule has 0 saturated carbocycles. The van der Waals surface area contributed by atoms with Gasteiger partial charge >= 0.3 is 5.97 Å². The minimum atomic E-state index is -0.831. The lowest BCUT2D eigenvalue weighted by molar-refractivity contribution is -0.136. The molecule has 0 amide bonds. The number of oxime groups is 1. The zero-order valence-electron chi connectivity index (χ0n) is 17.3. The number of aliphatic carboxylic acids is 1. The van der Waals surface area contributed by atoms with E-state index < -0.39 is 5.97 Å². The third-order valence-corrected chi connectivity index (χ3v) is 5.16. The van der Waals surface area contributed by atoms with Crippen molar-refractivity contribution >= 4 is 22.5 Å². The van der Waals surface area contributed by atoms with Gasteiger partial charge in [0.15, 0.2) is 0 Å². The van der Waals surface area contributed by atoms with Gasteiger partial charge in [-0.3, -0.25) is 4.79 Å². The van der Waals surface area contributed by atoms with Gasteiger partial charge in [0, 0.05) is 0 Å². The van der Waals surface area contributed by atoms with Crippen molar-refractivity contribution in [2.75, 3.05) is 0 Å². The normalized spacial score (nSPS) is 11.5. The molecule has 4 aromatic carbocycles. The molecule has 0 aliphatic heterocycles. The number of hydrogen-bond acceptors (Lipinski definition) is 3. The van der Waals surface area contributed by atoms with Crippen molar-refractivity contribution in [1.82, 2.24) is 0 Å². The summed E-state index contributed by atoms with van der Waals surface area (Å²) in [5.41, 5.74) is 5.66. The second kappa shape index (κ2) is 9.26. The van der Waals surface area contributed by atoms with Crippen LogP contribution in [0.2, 0.25) is 0 Å². The van der Waals surface area contributed by atoms with Crippen LogP contribution in [0.3, 0.4) is 0 Å². The molecule has 0 heterocycles. The van der Waals surface area contributed by atoms with Crippen LogP contribution in [-0.4, -0.2) is 16.8 Å². The molecule has 0 aliphatic rings. The highest BCUT2D eigenvalue weighted by Gasteiger charge is 2.05. The van der Waals surface area contributed by atoms with Gasteiger partial charge in [-0.25, -0.2) is 0 Å². The van der Waals surface area contributed by atoms with Crippen molar-refractivity contribution < 1.29 is 14.7 Å². The minimum Gasteiger partial charge on any atom is -0.481 e. The smallest absolute Gasteiger partial charge is 0.307 e. The number of hydrogen-bond donors (Lipinski definition) is 1. The Bertz CT molecular complexity index is 1240. The quantitative estimate of drug-likeness (QED) is 0.297. The number of nitrogens with zero attached hydrogens (tertiary/aromatic N) is 1. The van der Waals surface area contributed by atoms with Gasteiger partial charge in [0.1, 0.15) is 6.61 Å². The minimum absolute atomic E-state index is 0.0201. The molecule has 31 heavy (non-hydrogen) atoms. The van der Waals surface area contributed by atoms with Crippen molar-refractivity contribution in [1.29, 1.82) is 0 Å². The maximum Gasteiger partial charge on any atom is 0.307 e. The summed E-state index contributed by atoms with van der Waals surface area (Å²) < 4.78 is 0. The molecule has 0 radical (unpaired) electrons. The summed E-state index contributed by atoms with van der Waals surface area (Å²) in [6.45, 7) is 2.33. The van der Waals surface area contributed by atoms with Crippen molar-refractivity contribution in [2.45, 2.75) is 20.0 Å². The van der Waals surface area contributed by atoms with Crippen molar-refractivity contribution in [3.05, 3.63) is 108 Å². The fraction of sp³-hybridized carbons (Fsp3) is 0.111. The van der Waals surface area contributed by atoms with Gasteiger partial charge in [-0.2, -0.15) is 0 Å². The molecule has 1 N–H and O–H groups in total. The first-order valence-electron chi connectivity index (χ1n) is 10.1. The van der Waals surface area contributed by atoms with Crippen LogP contribution < -0.4 is 0 Å². The van der Waals surface area contributed by atoms with E-state index in [9.17, 15) is 4.79 Å². The molecular formula is C27H23NO3. The van der Waals surface area contributed by atoms with Gasteiger partial charge in [0.2, 0.25) is 0 Å². The molecule has 0 unspecified atom stereocenters. The molecule has 0 spiro atoms. The van der Waals surface area contributed by atoms with Crippen molar-refractivity contribution in [3.8, 4) is 11.1 Å². The van der Waals surface area contributed by atoms with E-state index in [-0.39, 0.29) is 6.42 Å². The molecule has 0 aromatic heterocycles. The van der Waals surface area contributed by atoms with Crippen LogP contribution in [0.1, 0.15) is 23.6 Å². The lowest BCUT2D eigenvalue weighted by atomic mass is 10.00. The second-order valence-electron chi connectivity index (χ2n) is 7.48. The van der Waals surface area contributed by atoms with Gasteiger partial charge in [-0.05, 0) is 51.6 Å². The highest BCUT2D eigenvalue weighted by atomic mass is 16.6. The predicted octanol–water partition coefficient (Wildman–Crippen LogP) is 6.07. The third kappa shape index (κ3) is 5.17. The average Bonchev–Trinajstić information content (AvgIpc) is 2.79. The molecule has 154 valence electrons. The van der Waals surface area contributed by atoms with Gasteiger partial charge < -0.3 is 9.94 Å². The van der Waals surface area contributed by atoms with E-state index in [1.54, 1.807) is 0 Å². The first-order chi connectivity index (χ1) is 15.1. The maximum absolute atomic E-state index is 10.9. The fourth-order valence-corrected chi connectivity index (χ4v) is 3.52. The Labute approximate surface area is 181 Å². The second-order valence-corrected chi connectivity index (χ2v) is 7.48. The third-order valence-electron chi connectivity index (χ3n) is 5.16. The predicted molar refractivity (Wildman–Crippen MR) is 124 cm³/mol. The van der Waals surface area contributed by atoms with Gasteiger partial charge in [0.25, 0.3) is 0 Å². The first kappa shape index (κ1) is 20.4. The SMILES string of the molecule is C/C(=N\OCc1ccc2ccccc2c1)c1ccc(-c2cccc(CC(=O)O)c2)cc1. The number of carboxylic acid groups (broad SMARTS) is 1. The molecule has 4 heteroatoms. The summed E-state index contributed by atoms with van der Waals surface area (Å²) >= 11 is 0. The molecule has 4 aromatic rings. The Morgan fingerprint density at radius 2 is 1.58 bits per heavy atom.